The lowest BCUT2D eigenvalue weighted by molar-refractivity contribution is -0.176. The predicted molar refractivity (Wildman–Crippen MR) is 104 cm³/mol. The van der Waals surface area contributed by atoms with Crippen molar-refractivity contribution in [1.29, 1.82) is 0 Å². The Morgan fingerprint density at radius 1 is 0.483 bits per heavy atom. The van der Waals surface area contributed by atoms with E-state index in [-0.39, 0.29) is 10.8 Å². The summed E-state index contributed by atoms with van der Waals surface area (Å²) >= 11 is 0. The molecular formula is C20H38O9. The molecule has 2 heterocycles. The van der Waals surface area contributed by atoms with Gasteiger partial charge in [-0.3, -0.25) is 0 Å². The molecule has 9 nitrogen and oxygen atoms in total. The largest absolute Gasteiger partial charge is 0.378 e. The summed E-state index contributed by atoms with van der Waals surface area (Å²) in [5, 5.41) is 0. The average molecular weight is 423 g/mol. The Morgan fingerprint density at radius 2 is 0.759 bits per heavy atom. The van der Waals surface area contributed by atoms with Gasteiger partial charge >= 0.3 is 0 Å². The van der Waals surface area contributed by atoms with Crippen LogP contribution in [0, 0.1) is 10.8 Å². The lowest BCUT2D eigenvalue weighted by Gasteiger charge is -2.32. The summed E-state index contributed by atoms with van der Waals surface area (Å²) in [5.74, 6) is 0. The Hall–Kier alpha value is -0.360. The molecule has 0 aromatic heterocycles. The van der Waals surface area contributed by atoms with Crippen molar-refractivity contribution < 1.29 is 42.6 Å². The molecule has 2 fully saturated rings. The minimum Gasteiger partial charge on any atom is -0.378 e. The van der Waals surface area contributed by atoms with E-state index < -0.39 is 0 Å². The van der Waals surface area contributed by atoms with Gasteiger partial charge in [0.2, 0.25) is 0 Å². The molecule has 0 N–H and O–H groups in total. The van der Waals surface area contributed by atoms with Crippen molar-refractivity contribution in [2.75, 3.05) is 106 Å². The average Bonchev–Trinajstić information content (AvgIpc) is 2.72. The van der Waals surface area contributed by atoms with Crippen LogP contribution >= 0.6 is 0 Å². The van der Waals surface area contributed by atoms with E-state index in [4.69, 9.17) is 42.6 Å². The fraction of sp³-hybridized carbons (Fsp3) is 1.00. The SMILES string of the molecule is CC1(COCCOCCOCCOCCOCC2(C)COCOC2)COCOC1. The highest BCUT2D eigenvalue weighted by Gasteiger charge is 2.29. The molecule has 2 aliphatic rings. The van der Waals surface area contributed by atoms with E-state index in [0.717, 1.165) is 0 Å². The Labute approximate surface area is 174 Å². The van der Waals surface area contributed by atoms with Crippen LogP contribution in [0.25, 0.3) is 0 Å². The molecule has 9 heteroatoms. The summed E-state index contributed by atoms with van der Waals surface area (Å²) in [6, 6.07) is 0. The maximum atomic E-state index is 5.64. The summed E-state index contributed by atoms with van der Waals surface area (Å²) in [6.07, 6.45) is 0. The van der Waals surface area contributed by atoms with E-state index in [2.05, 4.69) is 13.8 Å². The molecule has 0 bridgehead atoms. The second-order valence-electron chi connectivity index (χ2n) is 8.19. The minimum absolute atomic E-state index is 0.0664. The van der Waals surface area contributed by atoms with E-state index in [1.807, 2.05) is 0 Å². The van der Waals surface area contributed by atoms with Crippen molar-refractivity contribution in [3.8, 4) is 0 Å². The highest BCUT2D eigenvalue weighted by atomic mass is 16.7. The van der Waals surface area contributed by atoms with Gasteiger partial charge in [-0.15, -0.1) is 0 Å². The van der Waals surface area contributed by atoms with Gasteiger partial charge in [-0.05, 0) is 0 Å². The van der Waals surface area contributed by atoms with E-state index >= 15 is 0 Å². The number of hydrogen-bond acceptors (Lipinski definition) is 9. The van der Waals surface area contributed by atoms with Crippen LogP contribution < -0.4 is 0 Å². The second kappa shape index (κ2) is 14.6. The van der Waals surface area contributed by atoms with Crippen LogP contribution in [0.1, 0.15) is 13.8 Å². The van der Waals surface area contributed by atoms with Crippen LogP contribution in [0.15, 0.2) is 0 Å². The summed E-state index contributed by atoms with van der Waals surface area (Å²) < 4.78 is 49.0. The Balaban J connectivity index is 1.27. The minimum atomic E-state index is -0.0664. The summed E-state index contributed by atoms with van der Waals surface area (Å²) in [7, 11) is 0. The van der Waals surface area contributed by atoms with Crippen molar-refractivity contribution in [3.63, 3.8) is 0 Å². The molecule has 0 amide bonds. The fourth-order valence-electron chi connectivity index (χ4n) is 2.93. The van der Waals surface area contributed by atoms with Gasteiger partial charge in [0.05, 0.1) is 92.5 Å². The van der Waals surface area contributed by atoms with Gasteiger partial charge in [-0.25, -0.2) is 0 Å². The fourth-order valence-corrected chi connectivity index (χ4v) is 2.93. The van der Waals surface area contributed by atoms with E-state index in [9.17, 15) is 0 Å². The molecule has 2 saturated heterocycles. The van der Waals surface area contributed by atoms with Gasteiger partial charge < -0.3 is 42.6 Å². The first-order chi connectivity index (χ1) is 14.1. The van der Waals surface area contributed by atoms with Crippen molar-refractivity contribution in [2.24, 2.45) is 10.8 Å². The standard InChI is InChI=1S/C20H38O9/c1-19(13-26-17-27-14-19)11-24-9-7-22-5-3-21-4-6-23-8-10-25-12-20(2)15-28-18-29-16-20/h3-18H2,1-2H3. The first-order valence-corrected chi connectivity index (χ1v) is 10.3. The Morgan fingerprint density at radius 3 is 1.07 bits per heavy atom. The van der Waals surface area contributed by atoms with E-state index in [0.29, 0.717) is 106 Å². The van der Waals surface area contributed by atoms with Gasteiger partial charge in [0.25, 0.3) is 0 Å². The first kappa shape index (κ1) is 24.9. The summed E-state index contributed by atoms with van der Waals surface area (Å²) in [6.45, 7) is 13.2. The van der Waals surface area contributed by atoms with E-state index in [1.165, 1.54) is 0 Å². The highest BCUT2D eigenvalue weighted by Crippen LogP contribution is 2.22. The van der Waals surface area contributed by atoms with Crippen molar-refractivity contribution in [1.82, 2.24) is 0 Å². The highest BCUT2D eigenvalue weighted by molar-refractivity contribution is 4.75. The number of hydrogen-bond donors (Lipinski definition) is 0. The van der Waals surface area contributed by atoms with Crippen LogP contribution in [0.3, 0.4) is 0 Å². The number of rotatable bonds is 16. The molecule has 0 unspecified atom stereocenters. The summed E-state index contributed by atoms with van der Waals surface area (Å²) in [5.41, 5.74) is -0.133. The normalized spacial score (nSPS) is 21.3. The molecule has 0 saturated carbocycles. The van der Waals surface area contributed by atoms with Gasteiger partial charge in [0.1, 0.15) is 13.6 Å². The molecule has 29 heavy (non-hydrogen) atoms. The predicted octanol–water partition coefficient (Wildman–Crippen LogP) is 1.09. The molecule has 2 aliphatic heterocycles. The first-order valence-electron chi connectivity index (χ1n) is 10.3. The third-order valence-corrected chi connectivity index (χ3v) is 4.52. The van der Waals surface area contributed by atoms with Crippen molar-refractivity contribution in [3.05, 3.63) is 0 Å². The lowest BCUT2D eigenvalue weighted by Crippen LogP contribution is -2.39. The maximum absolute atomic E-state index is 5.64. The van der Waals surface area contributed by atoms with Gasteiger partial charge in [-0.2, -0.15) is 0 Å². The van der Waals surface area contributed by atoms with Gasteiger partial charge in [0, 0.05) is 10.8 Å². The molecular weight excluding hydrogens is 384 g/mol. The van der Waals surface area contributed by atoms with Gasteiger partial charge in [-0.1, -0.05) is 13.8 Å². The molecule has 0 aromatic carbocycles. The zero-order valence-electron chi connectivity index (χ0n) is 18.0. The maximum Gasteiger partial charge on any atom is 0.146 e. The quantitative estimate of drug-likeness (QED) is 0.339. The Bertz CT molecular complexity index is 359. The zero-order chi connectivity index (χ0) is 20.7. The summed E-state index contributed by atoms with van der Waals surface area (Å²) in [4.78, 5) is 0. The van der Waals surface area contributed by atoms with Crippen LogP contribution in [-0.2, 0) is 42.6 Å². The van der Waals surface area contributed by atoms with Crippen molar-refractivity contribution >= 4 is 0 Å². The smallest absolute Gasteiger partial charge is 0.146 e. The molecule has 0 spiro atoms. The molecule has 0 aromatic rings. The van der Waals surface area contributed by atoms with E-state index in [1.54, 1.807) is 0 Å². The second-order valence-corrected chi connectivity index (χ2v) is 8.19. The van der Waals surface area contributed by atoms with Gasteiger partial charge in [0.15, 0.2) is 0 Å². The number of ether oxygens (including phenoxy) is 9. The van der Waals surface area contributed by atoms with Crippen LogP contribution in [0.5, 0.6) is 0 Å². The monoisotopic (exact) mass is 422 g/mol. The molecule has 0 aliphatic carbocycles. The van der Waals surface area contributed by atoms with Crippen LogP contribution in [0.2, 0.25) is 0 Å². The van der Waals surface area contributed by atoms with Crippen LogP contribution in [-0.4, -0.2) is 106 Å². The molecule has 0 radical (unpaired) electrons. The third kappa shape index (κ3) is 11.6. The molecule has 172 valence electrons. The third-order valence-electron chi connectivity index (χ3n) is 4.52. The zero-order valence-corrected chi connectivity index (χ0v) is 18.0. The van der Waals surface area contributed by atoms with Crippen molar-refractivity contribution in [2.45, 2.75) is 13.8 Å². The lowest BCUT2D eigenvalue weighted by atomic mass is 9.94. The van der Waals surface area contributed by atoms with Crippen LogP contribution in [0.4, 0.5) is 0 Å². The molecule has 2 rings (SSSR count). The molecule has 0 atom stereocenters. The topological polar surface area (TPSA) is 83.1 Å². The Kier molecular flexibility index (Phi) is 12.5.